The molecule has 0 radical (unpaired) electrons. The number of hydrogen-bond acceptors (Lipinski definition) is 5. The molecule has 5 nitrogen and oxygen atoms in total. The van der Waals surface area contributed by atoms with Crippen molar-refractivity contribution < 1.29 is 27.8 Å². The lowest BCUT2D eigenvalue weighted by molar-refractivity contribution is -0.140. The van der Waals surface area contributed by atoms with Crippen molar-refractivity contribution in [3.05, 3.63) is 57.9 Å². The minimum absolute atomic E-state index is 0.0520. The Labute approximate surface area is 156 Å². The number of esters is 1. The molecule has 0 saturated carbocycles. The van der Waals surface area contributed by atoms with E-state index in [0.717, 1.165) is 17.8 Å². The molecule has 7 heteroatoms. The number of halogens is 2. The molecule has 1 heterocycles. The van der Waals surface area contributed by atoms with Gasteiger partial charge in [-0.2, -0.15) is 0 Å². The van der Waals surface area contributed by atoms with Crippen molar-refractivity contribution in [1.82, 2.24) is 5.32 Å². The van der Waals surface area contributed by atoms with Gasteiger partial charge in [0, 0.05) is 36.4 Å². The summed E-state index contributed by atoms with van der Waals surface area (Å²) >= 11 is 0. The van der Waals surface area contributed by atoms with E-state index in [-0.39, 0.29) is 24.6 Å². The first-order valence-electron chi connectivity index (χ1n) is 8.79. The Morgan fingerprint density at radius 1 is 1.22 bits per heavy atom. The Balaban J connectivity index is 2.08. The van der Waals surface area contributed by atoms with Gasteiger partial charge in [0.15, 0.2) is 17.4 Å². The first-order chi connectivity index (χ1) is 12.9. The van der Waals surface area contributed by atoms with Crippen LogP contribution in [0.15, 0.2) is 40.7 Å². The largest absolute Gasteiger partial charge is 0.460 e. The molecule has 1 N–H and O–H groups in total. The molecule has 2 aliphatic rings. The van der Waals surface area contributed by atoms with E-state index >= 15 is 0 Å². The molecule has 1 aliphatic carbocycles. The van der Waals surface area contributed by atoms with Crippen molar-refractivity contribution in [3.63, 3.8) is 0 Å². The number of allylic oxidation sites excluding steroid dienone is 3. The van der Waals surface area contributed by atoms with Crippen molar-refractivity contribution in [2.75, 3.05) is 20.3 Å². The van der Waals surface area contributed by atoms with Crippen LogP contribution < -0.4 is 5.32 Å². The van der Waals surface area contributed by atoms with Crippen molar-refractivity contribution >= 4 is 11.8 Å². The van der Waals surface area contributed by atoms with Gasteiger partial charge in [-0.25, -0.2) is 13.6 Å². The first kappa shape index (κ1) is 19.2. The van der Waals surface area contributed by atoms with Crippen LogP contribution in [0.3, 0.4) is 0 Å². The molecule has 1 atom stereocenters. The zero-order chi connectivity index (χ0) is 19.6. The average Bonchev–Trinajstić information content (AvgIpc) is 2.63. The molecular weight excluding hydrogens is 356 g/mol. The van der Waals surface area contributed by atoms with E-state index in [1.54, 1.807) is 6.92 Å². The molecule has 0 amide bonds. The maximum Gasteiger partial charge on any atom is 0.336 e. The van der Waals surface area contributed by atoms with Crippen LogP contribution in [0.4, 0.5) is 8.78 Å². The van der Waals surface area contributed by atoms with Gasteiger partial charge in [0.2, 0.25) is 0 Å². The maximum absolute atomic E-state index is 13.9. The van der Waals surface area contributed by atoms with Gasteiger partial charge in [-0.1, -0.05) is 6.07 Å². The highest BCUT2D eigenvalue weighted by Gasteiger charge is 2.39. The number of ether oxygens (including phenoxy) is 2. The zero-order valence-electron chi connectivity index (χ0n) is 15.2. The molecule has 0 bridgehead atoms. The number of methoxy groups -OCH3 is 1. The van der Waals surface area contributed by atoms with Crippen LogP contribution in [-0.4, -0.2) is 32.1 Å². The number of ketones is 1. The minimum atomic E-state index is -1.03. The topological polar surface area (TPSA) is 64.6 Å². The summed E-state index contributed by atoms with van der Waals surface area (Å²) in [7, 11) is 1.49. The Morgan fingerprint density at radius 2 is 2.00 bits per heavy atom. The number of Topliss-reactive ketones (excluding diaryl/α,β-unsaturated/α-hetero) is 1. The van der Waals surface area contributed by atoms with Crippen LogP contribution >= 0.6 is 0 Å². The highest BCUT2D eigenvalue weighted by atomic mass is 19.2. The van der Waals surface area contributed by atoms with Gasteiger partial charge in [-0.15, -0.1) is 0 Å². The van der Waals surface area contributed by atoms with Crippen LogP contribution in [0.5, 0.6) is 0 Å². The van der Waals surface area contributed by atoms with Gasteiger partial charge in [-0.05, 0) is 37.5 Å². The highest BCUT2D eigenvalue weighted by molar-refractivity contribution is 6.03. The molecule has 27 heavy (non-hydrogen) atoms. The number of carbonyl (C=O) groups excluding carboxylic acids is 2. The van der Waals surface area contributed by atoms with Gasteiger partial charge >= 0.3 is 5.97 Å². The number of rotatable bonds is 5. The smallest absolute Gasteiger partial charge is 0.336 e. The van der Waals surface area contributed by atoms with Crippen LogP contribution in [-0.2, 0) is 19.1 Å². The fourth-order valence-electron chi connectivity index (χ4n) is 3.57. The second kappa shape index (κ2) is 8.00. The predicted octanol–water partition coefficient (Wildman–Crippen LogP) is 3.12. The van der Waals surface area contributed by atoms with Gasteiger partial charge in [-0.3, -0.25) is 4.79 Å². The van der Waals surface area contributed by atoms with E-state index in [9.17, 15) is 18.4 Å². The summed E-state index contributed by atoms with van der Waals surface area (Å²) in [5.41, 5.74) is 2.27. The average molecular weight is 377 g/mol. The van der Waals surface area contributed by atoms with Gasteiger partial charge < -0.3 is 14.8 Å². The summed E-state index contributed by atoms with van der Waals surface area (Å²) in [6.45, 7) is 1.99. The molecule has 0 aromatic heterocycles. The maximum atomic E-state index is 13.9. The summed E-state index contributed by atoms with van der Waals surface area (Å²) in [5, 5.41) is 3.13. The molecular formula is C20H21F2NO4. The lowest BCUT2D eigenvalue weighted by Gasteiger charge is -2.34. The fourth-order valence-corrected chi connectivity index (χ4v) is 3.57. The summed E-state index contributed by atoms with van der Waals surface area (Å²) in [5.74, 6) is -3.52. The highest BCUT2D eigenvalue weighted by Crippen LogP contribution is 2.42. The monoisotopic (exact) mass is 377 g/mol. The molecule has 0 spiro atoms. The number of dihydropyridines is 1. The second-order valence-corrected chi connectivity index (χ2v) is 6.57. The number of hydrogen-bond donors (Lipinski definition) is 1. The third-order valence-electron chi connectivity index (χ3n) is 4.79. The first-order valence-corrected chi connectivity index (χ1v) is 8.79. The second-order valence-electron chi connectivity index (χ2n) is 6.57. The molecule has 0 fully saturated rings. The van der Waals surface area contributed by atoms with E-state index < -0.39 is 23.5 Å². The van der Waals surface area contributed by atoms with E-state index in [4.69, 9.17) is 9.47 Å². The lowest BCUT2D eigenvalue weighted by Crippen LogP contribution is -2.34. The number of carbonyl (C=O) groups is 2. The fraction of sp³-hybridized carbons (Fsp3) is 0.400. The van der Waals surface area contributed by atoms with E-state index in [0.29, 0.717) is 36.1 Å². The summed E-state index contributed by atoms with van der Waals surface area (Å²) in [6, 6.07) is 3.44. The number of nitrogens with one attached hydrogen (secondary N) is 1. The molecule has 144 valence electrons. The van der Waals surface area contributed by atoms with Crippen LogP contribution in [0.25, 0.3) is 0 Å². The lowest BCUT2D eigenvalue weighted by atomic mass is 9.75. The third-order valence-corrected chi connectivity index (χ3v) is 4.79. The van der Waals surface area contributed by atoms with Crippen LogP contribution in [0.1, 0.15) is 37.7 Å². The third kappa shape index (κ3) is 3.78. The molecule has 1 aromatic carbocycles. The molecule has 0 unspecified atom stereocenters. The Kier molecular flexibility index (Phi) is 5.70. The quantitative estimate of drug-likeness (QED) is 0.631. The zero-order valence-corrected chi connectivity index (χ0v) is 15.2. The molecule has 3 rings (SSSR count). The number of benzene rings is 1. The van der Waals surface area contributed by atoms with Gasteiger partial charge in [0.25, 0.3) is 0 Å². The molecule has 0 saturated heterocycles. The molecule has 1 aliphatic heterocycles. The summed E-state index contributed by atoms with van der Waals surface area (Å²) in [6.07, 6.45) is 1.71. The molecule has 1 aromatic rings. The van der Waals surface area contributed by atoms with Crippen LogP contribution in [0, 0.1) is 11.6 Å². The van der Waals surface area contributed by atoms with Crippen LogP contribution in [0.2, 0.25) is 0 Å². The van der Waals surface area contributed by atoms with Crippen molar-refractivity contribution in [2.24, 2.45) is 0 Å². The SMILES string of the molecule is COCCOC(=O)C1=C(C)NC2=C(C(=O)CCC2)[C@@H]1c1ccc(F)c(F)c1. The minimum Gasteiger partial charge on any atom is -0.460 e. The standard InChI is InChI=1S/C20H21F2NO4/c1-11-17(20(25)27-9-8-26-2)18(12-6-7-13(21)14(22)10-12)19-15(23-11)4-3-5-16(19)24/h6-7,10,18,23H,3-5,8-9H2,1-2H3/t18-/m1/s1. The van der Waals surface area contributed by atoms with Gasteiger partial charge in [0.1, 0.15) is 6.61 Å². The van der Waals surface area contributed by atoms with Crippen molar-refractivity contribution in [2.45, 2.75) is 32.1 Å². The van der Waals surface area contributed by atoms with Crippen molar-refractivity contribution in [3.8, 4) is 0 Å². The normalized spacial score (nSPS) is 19.7. The van der Waals surface area contributed by atoms with E-state index in [1.807, 2.05) is 0 Å². The predicted molar refractivity (Wildman–Crippen MR) is 93.7 cm³/mol. The Hall–Kier alpha value is -2.54. The summed E-state index contributed by atoms with van der Waals surface area (Å²) in [4.78, 5) is 25.4. The van der Waals surface area contributed by atoms with Gasteiger partial charge in [0.05, 0.1) is 12.2 Å². The Bertz CT molecular complexity index is 844. The Morgan fingerprint density at radius 3 is 2.70 bits per heavy atom. The van der Waals surface area contributed by atoms with E-state index in [2.05, 4.69) is 5.32 Å². The summed E-state index contributed by atoms with van der Waals surface area (Å²) < 4.78 is 37.5. The van der Waals surface area contributed by atoms with Crippen molar-refractivity contribution in [1.29, 1.82) is 0 Å². The van der Waals surface area contributed by atoms with E-state index in [1.165, 1.54) is 13.2 Å².